The summed E-state index contributed by atoms with van der Waals surface area (Å²) < 4.78 is 40.9. The molecule has 1 rings (SSSR count). The quantitative estimate of drug-likeness (QED) is 0.796. The van der Waals surface area contributed by atoms with Gasteiger partial charge in [0.2, 0.25) is 0 Å². The molecule has 0 fully saturated rings. The van der Waals surface area contributed by atoms with Gasteiger partial charge in [-0.3, -0.25) is 0 Å². The van der Waals surface area contributed by atoms with E-state index in [9.17, 15) is 13.2 Å². The minimum Gasteiger partial charge on any atom is -0.497 e. The zero-order valence-corrected chi connectivity index (χ0v) is 9.39. The van der Waals surface area contributed by atoms with Crippen molar-refractivity contribution in [3.63, 3.8) is 0 Å². The highest BCUT2D eigenvalue weighted by molar-refractivity contribution is 9.15. The Labute approximate surface area is 93.7 Å². The molecule has 0 N–H and O–H groups in total. The zero-order chi connectivity index (χ0) is 11.5. The molecular weight excluding hydrogens is 273 g/mol. The summed E-state index contributed by atoms with van der Waals surface area (Å²) in [6.45, 7) is 0. The van der Waals surface area contributed by atoms with Gasteiger partial charge in [-0.15, -0.1) is 0 Å². The van der Waals surface area contributed by atoms with E-state index in [2.05, 4.69) is 15.9 Å². The molecule has 0 aliphatic heterocycles. The van der Waals surface area contributed by atoms with Crippen LogP contribution in [0.25, 0.3) is 4.48 Å². The lowest BCUT2D eigenvalue weighted by molar-refractivity contribution is -0.0791. The number of methoxy groups -OCH3 is 1. The van der Waals surface area contributed by atoms with E-state index in [1.807, 2.05) is 0 Å². The lowest BCUT2D eigenvalue weighted by Crippen LogP contribution is -2.01. The van der Waals surface area contributed by atoms with E-state index in [4.69, 9.17) is 4.74 Å². The molecule has 0 heterocycles. The SMILES string of the molecule is COc1ccc(/C(Br)=C/C(F)(F)F)cc1. The van der Waals surface area contributed by atoms with Crippen molar-refractivity contribution in [2.24, 2.45) is 0 Å². The van der Waals surface area contributed by atoms with Gasteiger partial charge in [0, 0.05) is 10.6 Å². The van der Waals surface area contributed by atoms with Crippen LogP contribution >= 0.6 is 15.9 Å². The van der Waals surface area contributed by atoms with Crippen LogP contribution in [0.1, 0.15) is 5.56 Å². The number of halogens is 4. The van der Waals surface area contributed by atoms with Crippen molar-refractivity contribution in [1.29, 1.82) is 0 Å². The fourth-order valence-corrected chi connectivity index (χ4v) is 1.50. The minimum atomic E-state index is -4.32. The van der Waals surface area contributed by atoms with Crippen LogP contribution in [-0.2, 0) is 0 Å². The number of benzene rings is 1. The number of hydrogen-bond acceptors (Lipinski definition) is 1. The van der Waals surface area contributed by atoms with Gasteiger partial charge in [-0.25, -0.2) is 0 Å². The highest BCUT2D eigenvalue weighted by Gasteiger charge is 2.24. The third-order valence-electron chi connectivity index (χ3n) is 1.66. The van der Waals surface area contributed by atoms with Gasteiger partial charge in [-0.1, -0.05) is 28.1 Å². The van der Waals surface area contributed by atoms with Crippen LogP contribution < -0.4 is 4.74 Å². The Morgan fingerprint density at radius 2 is 1.80 bits per heavy atom. The molecule has 15 heavy (non-hydrogen) atoms. The molecule has 0 aliphatic rings. The normalized spacial score (nSPS) is 12.7. The van der Waals surface area contributed by atoms with Crippen LogP contribution in [-0.4, -0.2) is 13.3 Å². The Kier molecular flexibility index (Phi) is 3.79. The molecule has 0 aromatic heterocycles. The molecule has 0 radical (unpaired) electrons. The highest BCUT2D eigenvalue weighted by atomic mass is 79.9. The number of rotatable bonds is 2. The molecule has 0 aliphatic carbocycles. The maximum atomic E-state index is 12.0. The molecule has 82 valence electrons. The van der Waals surface area contributed by atoms with Gasteiger partial charge >= 0.3 is 6.18 Å². The molecule has 1 aromatic rings. The third-order valence-corrected chi connectivity index (χ3v) is 2.34. The Morgan fingerprint density at radius 3 is 2.20 bits per heavy atom. The summed E-state index contributed by atoms with van der Waals surface area (Å²) >= 11 is 2.87. The summed E-state index contributed by atoms with van der Waals surface area (Å²) in [7, 11) is 1.50. The van der Waals surface area contributed by atoms with Crippen molar-refractivity contribution in [1.82, 2.24) is 0 Å². The maximum Gasteiger partial charge on any atom is 0.410 e. The lowest BCUT2D eigenvalue weighted by atomic mass is 10.2. The van der Waals surface area contributed by atoms with Crippen molar-refractivity contribution in [3.05, 3.63) is 35.9 Å². The van der Waals surface area contributed by atoms with Crippen molar-refractivity contribution >= 4 is 20.4 Å². The molecule has 0 unspecified atom stereocenters. The summed E-state index contributed by atoms with van der Waals surface area (Å²) in [5.41, 5.74) is 0.452. The van der Waals surface area contributed by atoms with Gasteiger partial charge in [0.1, 0.15) is 5.75 Å². The molecule has 1 aromatic carbocycles. The van der Waals surface area contributed by atoms with Crippen LogP contribution in [0.4, 0.5) is 13.2 Å². The average Bonchev–Trinajstić information content (AvgIpc) is 2.15. The number of ether oxygens (including phenoxy) is 1. The fourth-order valence-electron chi connectivity index (χ4n) is 0.977. The standard InChI is InChI=1S/C10H8BrF3O/c1-15-8-4-2-7(3-5-8)9(11)6-10(12,13)14/h2-6H,1H3/b9-6-. The summed E-state index contributed by atoms with van der Waals surface area (Å²) in [6.07, 6.45) is -4.12. The largest absolute Gasteiger partial charge is 0.497 e. The van der Waals surface area contributed by atoms with Crippen LogP contribution in [0.2, 0.25) is 0 Å². The van der Waals surface area contributed by atoms with E-state index in [1.54, 1.807) is 24.3 Å². The summed E-state index contributed by atoms with van der Waals surface area (Å²) in [6, 6.07) is 6.29. The van der Waals surface area contributed by atoms with Crippen LogP contribution in [0.5, 0.6) is 5.75 Å². The van der Waals surface area contributed by atoms with Crippen LogP contribution in [0.3, 0.4) is 0 Å². The smallest absolute Gasteiger partial charge is 0.410 e. The van der Waals surface area contributed by atoms with Gasteiger partial charge in [0.15, 0.2) is 0 Å². The first kappa shape index (κ1) is 12.1. The van der Waals surface area contributed by atoms with Crippen molar-refractivity contribution < 1.29 is 17.9 Å². The molecule has 0 bridgehead atoms. The number of alkyl halides is 3. The predicted molar refractivity (Wildman–Crippen MR) is 56.0 cm³/mol. The van der Waals surface area contributed by atoms with E-state index in [-0.39, 0.29) is 10.6 Å². The van der Waals surface area contributed by atoms with Crippen molar-refractivity contribution in [3.8, 4) is 5.75 Å². The van der Waals surface area contributed by atoms with Gasteiger partial charge < -0.3 is 4.74 Å². The monoisotopic (exact) mass is 280 g/mol. The molecule has 0 spiro atoms. The molecule has 0 amide bonds. The minimum absolute atomic E-state index is 0.00217. The fraction of sp³-hybridized carbons (Fsp3) is 0.200. The molecule has 0 saturated carbocycles. The Balaban J connectivity index is 2.92. The van der Waals surface area contributed by atoms with Gasteiger partial charge in [0.05, 0.1) is 7.11 Å². The molecular formula is C10H8BrF3O. The first-order valence-corrected chi connectivity index (χ1v) is 4.81. The lowest BCUT2D eigenvalue weighted by Gasteiger charge is -2.04. The highest BCUT2D eigenvalue weighted by Crippen LogP contribution is 2.29. The number of allylic oxidation sites excluding steroid dienone is 1. The Hall–Kier alpha value is -0.970. The predicted octanol–water partition coefficient (Wildman–Crippen LogP) is 3.99. The molecule has 0 saturated heterocycles. The van der Waals surface area contributed by atoms with E-state index < -0.39 is 6.18 Å². The second-order valence-corrected chi connectivity index (χ2v) is 3.62. The number of hydrogen-bond donors (Lipinski definition) is 0. The first-order valence-electron chi connectivity index (χ1n) is 4.02. The molecule has 5 heteroatoms. The second-order valence-electron chi connectivity index (χ2n) is 2.76. The maximum absolute atomic E-state index is 12.0. The van der Waals surface area contributed by atoms with Gasteiger partial charge in [-0.05, 0) is 17.7 Å². The van der Waals surface area contributed by atoms with Crippen molar-refractivity contribution in [2.75, 3.05) is 7.11 Å². The summed E-state index contributed by atoms with van der Waals surface area (Å²) in [5, 5.41) is 0. The summed E-state index contributed by atoms with van der Waals surface area (Å²) in [5.74, 6) is 0.603. The van der Waals surface area contributed by atoms with Gasteiger partial charge in [0.25, 0.3) is 0 Å². The van der Waals surface area contributed by atoms with E-state index in [0.717, 1.165) is 0 Å². The summed E-state index contributed by atoms with van der Waals surface area (Å²) in [4.78, 5) is 0. The Bertz CT molecular complexity index is 354. The molecule has 1 nitrogen and oxygen atoms in total. The molecule has 0 atom stereocenters. The Morgan fingerprint density at radius 1 is 1.27 bits per heavy atom. The van der Waals surface area contributed by atoms with Crippen LogP contribution in [0, 0.1) is 0 Å². The average molecular weight is 281 g/mol. The third kappa shape index (κ3) is 3.95. The topological polar surface area (TPSA) is 9.23 Å². The van der Waals surface area contributed by atoms with Crippen LogP contribution in [0.15, 0.2) is 30.3 Å². The van der Waals surface area contributed by atoms with E-state index >= 15 is 0 Å². The van der Waals surface area contributed by atoms with E-state index in [1.165, 1.54) is 7.11 Å². The van der Waals surface area contributed by atoms with E-state index in [0.29, 0.717) is 11.3 Å². The van der Waals surface area contributed by atoms with Gasteiger partial charge in [-0.2, -0.15) is 13.2 Å². The van der Waals surface area contributed by atoms with Crippen molar-refractivity contribution in [2.45, 2.75) is 6.18 Å². The second kappa shape index (κ2) is 4.70. The zero-order valence-electron chi connectivity index (χ0n) is 7.81. The first-order chi connectivity index (χ1) is 6.92.